The average molecular weight is 674 g/mol. The van der Waals surface area contributed by atoms with Crippen LogP contribution in [0.5, 0.6) is 0 Å². The van der Waals surface area contributed by atoms with Crippen LogP contribution in [0.4, 0.5) is 0 Å². The molecule has 10 aromatic rings. The minimum Gasteiger partial charge on any atom is -0.208 e. The molecule has 50 heavy (non-hydrogen) atoms. The largest absolute Gasteiger partial charge is 0.208 e. The number of benzene rings is 7. The van der Waals surface area contributed by atoms with Gasteiger partial charge in [-0.25, -0.2) is 15.0 Å². The van der Waals surface area contributed by atoms with Crippen molar-refractivity contribution in [2.24, 2.45) is 0 Å². The summed E-state index contributed by atoms with van der Waals surface area (Å²) in [6.45, 7) is 0. The van der Waals surface area contributed by atoms with Gasteiger partial charge in [0.1, 0.15) is 0 Å². The van der Waals surface area contributed by atoms with E-state index in [0.717, 1.165) is 16.7 Å². The Morgan fingerprint density at radius 1 is 0.320 bits per heavy atom. The third-order valence-corrected chi connectivity index (χ3v) is 11.8. The molecule has 0 radical (unpaired) electrons. The monoisotopic (exact) mass is 673 g/mol. The van der Waals surface area contributed by atoms with Gasteiger partial charge in [0.2, 0.25) is 0 Å². The molecule has 5 heteroatoms. The molecule has 3 aromatic heterocycles. The Balaban J connectivity index is 1.16. The highest BCUT2D eigenvalue weighted by Gasteiger charge is 2.19. The molecule has 0 fully saturated rings. The molecule has 0 N–H and O–H groups in total. The third kappa shape index (κ3) is 4.82. The Hall–Kier alpha value is -6.01. The predicted octanol–water partition coefficient (Wildman–Crippen LogP) is 12.9. The normalized spacial score (nSPS) is 11.6. The van der Waals surface area contributed by atoms with Crippen molar-refractivity contribution in [3.05, 3.63) is 164 Å². The quantitative estimate of drug-likeness (QED) is 0.182. The van der Waals surface area contributed by atoms with Crippen LogP contribution in [0.25, 0.3) is 96.8 Å². The second-order valence-corrected chi connectivity index (χ2v) is 14.5. The highest BCUT2D eigenvalue weighted by Crippen LogP contribution is 2.48. The highest BCUT2D eigenvalue weighted by atomic mass is 32.1. The molecule has 0 unspecified atom stereocenters. The molecule has 3 heterocycles. The van der Waals surface area contributed by atoms with Gasteiger partial charge in [-0.2, -0.15) is 0 Å². The Kier molecular flexibility index (Phi) is 6.86. The zero-order valence-corrected chi connectivity index (χ0v) is 28.4. The van der Waals surface area contributed by atoms with Crippen LogP contribution in [-0.2, 0) is 0 Å². The summed E-state index contributed by atoms with van der Waals surface area (Å²) in [5.41, 5.74) is 7.96. The summed E-state index contributed by atoms with van der Waals surface area (Å²) in [6, 6.07) is 57.8. The van der Waals surface area contributed by atoms with Gasteiger partial charge < -0.3 is 0 Å². The Bertz CT molecular complexity index is 2800. The second kappa shape index (κ2) is 11.8. The van der Waals surface area contributed by atoms with E-state index in [0.29, 0.717) is 17.5 Å². The van der Waals surface area contributed by atoms with E-state index in [1.165, 1.54) is 62.6 Å². The molecule has 0 aliphatic rings. The van der Waals surface area contributed by atoms with Crippen LogP contribution < -0.4 is 0 Å². The lowest BCUT2D eigenvalue weighted by atomic mass is 9.94. The minimum absolute atomic E-state index is 0.666. The van der Waals surface area contributed by atoms with E-state index >= 15 is 0 Å². The minimum atomic E-state index is 0.666. The third-order valence-electron chi connectivity index (χ3n) is 9.36. The Morgan fingerprint density at radius 3 is 1.56 bits per heavy atom. The van der Waals surface area contributed by atoms with E-state index in [1.54, 1.807) is 0 Å². The maximum atomic E-state index is 5.00. The van der Waals surface area contributed by atoms with Crippen LogP contribution in [0.2, 0.25) is 0 Å². The van der Waals surface area contributed by atoms with Gasteiger partial charge in [0.15, 0.2) is 17.5 Å². The summed E-state index contributed by atoms with van der Waals surface area (Å²) >= 11 is 3.73. The molecule has 0 aliphatic heterocycles. The number of fused-ring (bicyclic) bond motifs is 6. The number of hydrogen-bond donors (Lipinski definition) is 0. The topological polar surface area (TPSA) is 38.7 Å². The first-order chi connectivity index (χ1) is 24.8. The van der Waals surface area contributed by atoms with Crippen LogP contribution in [0.1, 0.15) is 0 Å². The summed E-state index contributed by atoms with van der Waals surface area (Å²) in [4.78, 5) is 14.9. The first kappa shape index (κ1) is 29.0. The van der Waals surface area contributed by atoms with Crippen LogP contribution >= 0.6 is 22.7 Å². The van der Waals surface area contributed by atoms with E-state index in [9.17, 15) is 0 Å². The van der Waals surface area contributed by atoms with Crippen molar-refractivity contribution in [3.8, 4) is 56.4 Å². The van der Waals surface area contributed by atoms with E-state index < -0.39 is 0 Å². The van der Waals surface area contributed by atoms with Crippen LogP contribution in [0, 0.1) is 0 Å². The Labute approximate surface area is 296 Å². The van der Waals surface area contributed by atoms with Crippen LogP contribution in [0.15, 0.2) is 164 Å². The zero-order chi connectivity index (χ0) is 33.0. The second-order valence-electron chi connectivity index (χ2n) is 12.4. The van der Waals surface area contributed by atoms with E-state index in [2.05, 4.69) is 103 Å². The summed E-state index contributed by atoms with van der Waals surface area (Å²) < 4.78 is 5.13. The lowest BCUT2D eigenvalue weighted by molar-refractivity contribution is 1.07. The molecule has 10 rings (SSSR count). The van der Waals surface area contributed by atoms with Crippen molar-refractivity contribution in [2.45, 2.75) is 0 Å². The van der Waals surface area contributed by atoms with Crippen LogP contribution in [0.3, 0.4) is 0 Å². The van der Waals surface area contributed by atoms with Crippen LogP contribution in [-0.4, -0.2) is 15.0 Å². The van der Waals surface area contributed by atoms with Crippen molar-refractivity contribution in [1.82, 2.24) is 15.0 Å². The van der Waals surface area contributed by atoms with Gasteiger partial charge in [-0.05, 0) is 23.3 Å². The predicted molar refractivity (Wildman–Crippen MR) is 213 cm³/mol. The van der Waals surface area contributed by atoms with Gasteiger partial charge in [-0.1, -0.05) is 152 Å². The lowest BCUT2D eigenvalue weighted by Gasteiger charge is -2.10. The fourth-order valence-corrected chi connectivity index (χ4v) is 9.51. The SMILES string of the molecule is c1ccc(-c2nc(-c3ccccc3)nc(-c3ccc4c(c3)sc3c(-c5ccc(-c6ccccc6)c6c5sc5ccccc56)cccc34)n2)cc1. The maximum Gasteiger partial charge on any atom is 0.164 e. The molecule has 0 aliphatic carbocycles. The van der Waals surface area contributed by atoms with Crippen molar-refractivity contribution in [1.29, 1.82) is 0 Å². The molecule has 0 atom stereocenters. The van der Waals surface area contributed by atoms with Gasteiger partial charge in [-0.3, -0.25) is 0 Å². The molecular weight excluding hydrogens is 647 g/mol. The number of nitrogens with zero attached hydrogens (tertiary/aromatic N) is 3. The van der Waals surface area contributed by atoms with Gasteiger partial charge in [0, 0.05) is 68.2 Å². The number of thiophene rings is 2. The zero-order valence-electron chi connectivity index (χ0n) is 26.7. The van der Waals surface area contributed by atoms with E-state index in [-0.39, 0.29) is 0 Å². The van der Waals surface area contributed by atoms with Gasteiger partial charge >= 0.3 is 0 Å². The fourth-order valence-electron chi connectivity index (χ4n) is 6.99. The standard InChI is InChI=1S/C45H27N3S2/c1-4-13-28(14-5-1)32-25-26-36(42-40(32)37-19-10-11-22-38(37)49-42)35-21-12-20-34-33-24-23-31(27-39(33)50-41(34)35)45-47-43(29-15-6-2-7-16-29)46-44(48-45)30-17-8-3-9-18-30/h1-27H. The van der Waals surface area contributed by atoms with E-state index in [1.807, 2.05) is 83.3 Å². The number of aromatic nitrogens is 3. The first-order valence-electron chi connectivity index (χ1n) is 16.6. The molecule has 0 amide bonds. The van der Waals surface area contributed by atoms with Crippen molar-refractivity contribution < 1.29 is 0 Å². The van der Waals surface area contributed by atoms with Gasteiger partial charge in [0.25, 0.3) is 0 Å². The van der Waals surface area contributed by atoms with E-state index in [4.69, 9.17) is 15.0 Å². The summed E-state index contributed by atoms with van der Waals surface area (Å²) in [5.74, 6) is 2.00. The lowest BCUT2D eigenvalue weighted by Crippen LogP contribution is -1.99. The first-order valence-corrected chi connectivity index (χ1v) is 18.2. The molecule has 234 valence electrons. The molecule has 7 aromatic carbocycles. The number of hydrogen-bond acceptors (Lipinski definition) is 5. The molecule has 0 bridgehead atoms. The fraction of sp³-hybridized carbons (Fsp3) is 0. The van der Waals surface area contributed by atoms with Crippen molar-refractivity contribution in [3.63, 3.8) is 0 Å². The van der Waals surface area contributed by atoms with Crippen molar-refractivity contribution in [2.75, 3.05) is 0 Å². The summed E-state index contributed by atoms with van der Waals surface area (Å²) in [7, 11) is 0. The molecule has 0 spiro atoms. The highest BCUT2D eigenvalue weighted by molar-refractivity contribution is 7.27. The van der Waals surface area contributed by atoms with Crippen molar-refractivity contribution >= 4 is 63.0 Å². The average Bonchev–Trinajstić information content (AvgIpc) is 3.77. The maximum absolute atomic E-state index is 5.00. The summed E-state index contributed by atoms with van der Waals surface area (Å²) in [6.07, 6.45) is 0. The molecule has 0 saturated heterocycles. The molecular formula is C45H27N3S2. The summed E-state index contributed by atoms with van der Waals surface area (Å²) in [5, 5.41) is 5.14. The molecule has 0 saturated carbocycles. The smallest absolute Gasteiger partial charge is 0.164 e. The van der Waals surface area contributed by atoms with Gasteiger partial charge in [0.05, 0.1) is 0 Å². The number of rotatable bonds is 5. The van der Waals surface area contributed by atoms with Gasteiger partial charge in [-0.15, -0.1) is 22.7 Å². The Morgan fingerprint density at radius 2 is 0.860 bits per heavy atom. The molecule has 3 nitrogen and oxygen atoms in total.